The van der Waals surface area contributed by atoms with Gasteiger partial charge >= 0.3 is 0 Å². The van der Waals surface area contributed by atoms with Crippen molar-refractivity contribution in [1.29, 1.82) is 0 Å². The molecule has 92 valence electrons. The fraction of sp³-hybridized carbons (Fsp3) is 0.250. The molecule has 0 saturated heterocycles. The van der Waals surface area contributed by atoms with Gasteiger partial charge in [0.15, 0.2) is 11.5 Å². The van der Waals surface area contributed by atoms with Crippen LogP contribution >= 0.6 is 11.3 Å². The predicted octanol–water partition coefficient (Wildman–Crippen LogP) is 2.11. The highest BCUT2D eigenvalue weighted by atomic mass is 32.1. The first kappa shape index (κ1) is 11.3. The second kappa shape index (κ2) is 4.15. The van der Waals surface area contributed by atoms with E-state index in [4.69, 9.17) is 5.73 Å². The second-order valence-electron chi connectivity index (χ2n) is 4.20. The lowest BCUT2D eigenvalue weighted by atomic mass is 10.4. The Kier molecular flexibility index (Phi) is 2.61. The molecule has 0 bridgehead atoms. The Labute approximate surface area is 108 Å². The number of imidazole rings is 1. The summed E-state index contributed by atoms with van der Waals surface area (Å²) in [4.78, 5) is 13.3. The van der Waals surface area contributed by atoms with Crippen molar-refractivity contribution in [2.45, 2.75) is 13.0 Å². The van der Waals surface area contributed by atoms with Crippen molar-refractivity contribution in [1.82, 2.24) is 19.5 Å². The number of hydrogen-bond acceptors (Lipinski definition) is 5. The molecule has 3 heterocycles. The fourth-order valence-corrected chi connectivity index (χ4v) is 2.61. The van der Waals surface area contributed by atoms with Gasteiger partial charge < -0.3 is 10.3 Å². The monoisotopic (exact) mass is 259 g/mol. The standard InChI is InChI=1S/C12H13N5S/c1-7(13)12-15-8(6-18-12)11-16-10-9(17(11)2)4-3-5-14-10/h3-7H,13H2,1-2H3. The number of thiazole rings is 1. The first-order valence-electron chi connectivity index (χ1n) is 5.65. The van der Waals surface area contributed by atoms with Gasteiger partial charge in [-0.25, -0.2) is 15.0 Å². The third kappa shape index (κ3) is 1.70. The summed E-state index contributed by atoms with van der Waals surface area (Å²) in [5.41, 5.74) is 8.42. The molecule has 1 unspecified atom stereocenters. The summed E-state index contributed by atoms with van der Waals surface area (Å²) >= 11 is 1.56. The molecule has 6 heteroatoms. The van der Waals surface area contributed by atoms with Crippen LogP contribution in [-0.4, -0.2) is 19.5 Å². The molecule has 0 fully saturated rings. The summed E-state index contributed by atoms with van der Waals surface area (Å²) in [7, 11) is 1.97. The summed E-state index contributed by atoms with van der Waals surface area (Å²) in [6.45, 7) is 1.93. The Morgan fingerprint density at radius 1 is 1.39 bits per heavy atom. The van der Waals surface area contributed by atoms with Crippen molar-refractivity contribution in [3.05, 3.63) is 28.7 Å². The van der Waals surface area contributed by atoms with Gasteiger partial charge in [-0.05, 0) is 19.1 Å². The number of aryl methyl sites for hydroxylation is 1. The molecule has 3 aromatic heterocycles. The number of pyridine rings is 1. The topological polar surface area (TPSA) is 69.6 Å². The molecule has 3 rings (SSSR count). The van der Waals surface area contributed by atoms with Gasteiger partial charge in [-0.3, -0.25) is 0 Å². The van der Waals surface area contributed by atoms with Crippen LogP contribution in [0.1, 0.15) is 18.0 Å². The maximum absolute atomic E-state index is 5.83. The lowest BCUT2D eigenvalue weighted by Gasteiger charge is -1.99. The average molecular weight is 259 g/mol. The van der Waals surface area contributed by atoms with Crippen molar-refractivity contribution in [2.75, 3.05) is 0 Å². The molecule has 0 aliphatic heterocycles. The molecule has 0 aromatic carbocycles. The van der Waals surface area contributed by atoms with E-state index in [0.717, 1.165) is 27.7 Å². The number of hydrogen-bond donors (Lipinski definition) is 1. The smallest absolute Gasteiger partial charge is 0.178 e. The molecule has 2 N–H and O–H groups in total. The van der Waals surface area contributed by atoms with Gasteiger partial charge in [-0.2, -0.15) is 0 Å². The lowest BCUT2D eigenvalue weighted by Crippen LogP contribution is -2.04. The van der Waals surface area contributed by atoms with Crippen LogP contribution in [0.4, 0.5) is 0 Å². The van der Waals surface area contributed by atoms with E-state index >= 15 is 0 Å². The largest absolute Gasteiger partial charge is 0.324 e. The van der Waals surface area contributed by atoms with Crippen LogP contribution in [0.25, 0.3) is 22.7 Å². The van der Waals surface area contributed by atoms with Gasteiger partial charge in [-0.1, -0.05) is 0 Å². The van der Waals surface area contributed by atoms with Gasteiger partial charge in [-0.15, -0.1) is 11.3 Å². The lowest BCUT2D eigenvalue weighted by molar-refractivity contribution is 0.806. The van der Waals surface area contributed by atoms with Crippen molar-refractivity contribution < 1.29 is 0 Å². The van der Waals surface area contributed by atoms with Gasteiger partial charge in [0.1, 0.15) is 10.7 Å². The normalized spacial score (nSPS) is 13.1. The highest BCUT2D eigenvalue weighted by Gasteiger charge is 2.14. The highest BCUT2D eigenvalue weighted by molar-refractivity contribution is 7.10. The zero-order valence-electron chi connectivity index (χ0n) is 10.2. The quantitative estimate of drug-likeness (QED) is 0.765. The zero-order chi connectivity index (χ0) is 12.7. The number of nitrogens with two attached hydrogens (primary N) is 1. The van der Waals surface area contributed by atoms with Crippen LogP contribution < -0.4 is 5.73 Å². The summed E-state index contributed by atoms with van der Waals surface area (Å²) < 4.78 is 2.00. The predicted molar refractivity (Wildman–Crippen MR) is 72.2 cm³/mol. The first-order chi connectivity index (χ1) is 8.66. The van der Waals surface area contributed by atoms with Gasteiger partial charge in [0.05, 0.1) is 11.6 Å². The van der Waals surface area contributed by atoms with E-state index in [0.29, 0.717) is 0 Å². The molecule has 1 atom stereocenters. The summed E-state index contributed by atoms with van der Waals surface area (Å²) in [5, 5.41) is 2.91. The van der Waals surface area contributed by atoms with E-state index in [1.165, 1.54) is 0 Å². The van der Waals surface area contributed by atoms with E-state index in [-0.39, 0.29) is 6.04 Å². The molecule has 0 aliphatic carbocycles. The summed E-state index contributed by atoms with van der Waals surface area (Å²) in [6, 6.07) is 3.86. The fourth-order valence-electron chi connectivity index (χ4n) is 1.85. The molecule has 0 spiro atoms. The Morgan fingerprint density at radius 3 is 2.89 bits per heavy atom. The minimum absolute atomic E-state index is 0.0449. The van der Waals surface area contributed by atoms with Crippen molar-refractivity contribution in [2.24, 2.45) is 12.8 Å². The Morgan fingerprint density at radius 2 is 2.22 bits per heavy atom. The molecular weight excluding hydrogens is 246 g/mol. The Balaban J connectivity index is 2.15. The molecule has 3 aromatic rings. The third-order valence-corrected chi connectivity index (χ3v) is 3.84. The van der Waals surface area contributed by atoms with Crippen molar-refractivity contribution in [3.8, 4) is 11.5 Å². The van der Waals surface area contributed by atoms with Crippen LogP contribution in [0.3, 0.4) is 0 Å². The third-order valence-electron chi connectivity index (χ3n) is 2.80. The van der Waals surface area contributed by atoms with Gasteiger partial charge in [0.25, 0.3) is 0 Å². The molecule has 0 radical (unpaired) electrons. The number of fused-ring (bicyclic) bond motifs is 1. The number of aromatic nitrogens is 4. The van der Waals surface area contributed by atoms with E-state index < -0.39 is 0 Å². The molecule has 0 saturated carbocycles. The van der Waals surface area contributed by atoms with Gasteiger partial charge in [0, 0.05) is 18.6 Å². The van der Waals surface area contributed by atoms with Crippen LogP contribution in [-0.2, 0) is 7.05 Å². The summed E-state index contributed by atoms with van der Waals surface area (Å²) in [5.74, 6) is 0.826. The maximum Gasteiger partial charge on any atom is 0.178 e. The molecule has 0 aliphatic rings. The maximum atomic E-state index is 5.83. The van der Waals surface area contributed by atoms with Crippen LogP contribution in [0, 0.1) is 0 Å². The van der Waals surface area contributed by atoms with Crippen molar-refractivity contribution >= 4 is 22.5 Å². The van der Waals surface area contributed by atoms with E-state index in [9.17, 15) is 0 Å². The SMILES string of the molecule is CC(N)c1nc(-c2nc3ncccc3n2C)cs1. The first-order valence-corrected chi connectivity index (χ1v) is 6.53. The Hall–Kier alpha value is -1.79. The van der Waals surface area contributed by atoms with Crippen LogP contribution in [0.5, 0.6) is 0 Å². The van der Waals surface area contributed by atoms with E-state index in [1.807, 2.05) is 36.1 Å². The number of rotatable bonds is 2. The van der Waals surface area contributed by atoms with E-state index in [1.54, 1.807) is 17.5 Å². The molecule has 5 nitrogen and oxygen atoms in total. The van der Waals surface area contributed by atoms with Crippen LogP contribution in [0.2, 0.25) is 0 Å². The number of nitrogens with zero attached hydrogens (tertiary/aromatic N) is 4. The minimum atomic E-state index is -0.0449. The zero-order valence-corrected chi connectivity index (χ0v) is 11.0. The average Bonchev–Trinajstić information content (AvgIpc) is 2.95. The Bertz CT molecular complexity index is 697. The molecular formula is C12H13N5S. The molecule has 18 heavy (non-hydrogen) atoms. The van der Waals surface area contributed by atoms with E-state index in [2.05, 4.69) is 15.0 Å². The highest BCUT2D eigenvalue weighted by Crippen LogP contribution is 2.25. The van der Waals surface area contributed by atoms with Crippen LogP contribution in [0.15, 0.2) is 23.7 Å². The molecule has 0 amide bonds. The second-order valence-corrected chi connectivity index (χ2v) is 5.09. The summed E-state index contributed by atoms with van der Waals surface area (Å²) in [6.07, 6.45) is 1.74. The van der Waals surface area contributed by atoms with Gasteiger partial charge in [0.2, 0.25) is 0 Å². The van der Waals surface area contributed by atoms with Crippen molar-refractivity contribution in [3.63, 3.8) is 0 Å². The minimum Gasteiger partial charge on any atom is -0.324 e.